The molecular weight excluding hydrogens is 398 g/mol. The van der Waals surface area contributed by atoms with E-state index < -0.39 is 10.0 Å². The number of nitrogens with two attached hydrogens (primary N) is 1. The summed E-state index contributed by atoms with van der Waals surface area (Å²) < 4.78 is 24.1. The fourth-order valence-corrected chi connectivity index (χ4v) is 3.97. The van der Waals surface area contributed by atoms with E-state index >= 15 is 0 Å². The molecule has 4 aromatic rings. The SMILES string of the molecule is NS(=O)(=O)CCc1cccc(-c2nn(Cc3ccccc3)c(=O)c3ccccc23)c1. The van der Waals surface area contributed by atoms with Crippen molar-refractivity contribution in [2.45, 2.75) is 13.0 Å². The van der Waals surface area contributed by atoms with Crippen molar-refractivity contribution in [1.29, 1.82) is 0 Å². The van der Waals surface area contributed by atoms with Gasteiger partial charge in [-0.25, -0.2) is 18.2 Å². The van der Waals surface area contributed by atoms with E-state index in [9.17, 15) is 13.2 Å². The fourth-order valence-electron chi connectivity index (χ4n) is 3.45. The highest BCUT2D eigenvalue weighted by atomic mass is 32.2. The zero-order valence-corrected chi connectivity index (χ0v) is 17.0. The lowest BCUT2D eigenvalue weighted by molar-refractivity contribution is 0.597. The van der Waals surface area contributed by atoms with Gasteiger partial charge in [0.1, 0.15) is 0 Å². The third-order valence-electron chi connectivity index (χ3n) is 4.92. The molecule has 0 bridgehead atoms. The van der Waals surface area contributed by atoms with Crippen molar-refractivity contribution in [2.75, 3.05) is 5.75 Å². The van der Waals surface area contributed by atoms with Crippen molar-refractivity contribution >= 4 is 20.8 Å². The van der Waals surface area contributed by atoms with Gasteiger partial charge in [0, 0.05) is 10.9 Å². The summed E-state index contributed by atoms with van der Waals surface area (Å²) >= 11 is 0. The van der Waals surface area contributed by atoms with Crippen molar-refractivity contribution in [3.8, 4) is 11.3 Å². The Morgan fingerprint density at radius 1 is 0.833 bits per heavy atom. The number of hydrogen-bond donors (Lipinski definition) is 1. The molecule has 2 N–H and O–H groups in total. The molecule has 30 heavy (non-hydrogen) atoms. The molecule has 3 aromatic carbocycles. The van der Waals surface area contributed by atoms with Crippen LogP contribution in [0.4, 0.5) is 0 Å². The van der Waals surface area contributed by atoms with E-state index in [0.29, 0.717) is 24.0 Å². The summed E-state index contributed by atoms with van der Waals surface area (Å²) in [6.45, 7) is 0.364. The van der Waals surface area contributed by atoms with E-state index in [-0.39, 0.29) is 11.3 Å². The molecule has 0 saturated heterocycles. The molecule has 1 heterocycles. The van der Waals surface area contributed by atoms with Gasteiger partial charge in [0.2, 0.25) is 10.0 Å². The first kappa shape index (κ1) is 20.0. The standard InChI is InChI=1S/C23H21N3O3S/c24-30(28,29)14-13-17-9-6-10-19(15-17)22-20-11-4-5-12-21(20)23(27)26(25-22)16-18-7-2-1-3-8-18/h1-12,15H,13-14,16H2,(H2,24,28,29). The molecule has 0 saturated carbocycles. The van der Waals surface area contributed by atoms with E-state index in [2.05, 4.69) is 5.10 Å². The van der Waals surface area contributed by atoms with Gasteiger partial charge in [0.05, 0.1) is 23.4 Å². The van der Waals surface area contributed by atoms with Crippen molar-refractivity contribution in [3.63, 3.8) is 0 Å². The fraction of sp³-hybridized carbons (Fsp3) is 0.130. The first-order valence-electron chi connectivity index (χ1n) is 9.54. The van der Waals surface area contributed by atoms with Crippen LogP contribution in [0.25, 0.3) is 22.0 Å². The quantitative estimate of drug-likeness (QED) is 0.520. The second-order valence-corrected chi connectivity index (χ2v) is 8.89. The van der Waals surface area contributed by atoms with E-state index in [1.807, 2.05) is 72.8 Å². The number of benzene rings is 3. The summed E-state index contributed by atoms with van der Waals surface area (Å²) in [4.78, 5) is 13.0. The Bertz CT molecular complexity index is 1360. The first-order valence-corrected chi connectivity index (χ1v) is 11.3. The van der Waals surface area contributed by atoms with Crippen LogP contribution < -0.4 is 10.7 Å². The molecule has 152 valence electrons. The molecule has 0 aliphatic heterocycles. The van der Waals surface area contributed by atoms with Crippen LogP contribution in [0, 0.1) is 0 Å². The minimum atomic E-state index is -3.54. The molecule has 0 aliphatic rings. The average molecular weight is 420 g/mol. The maximum Gasteiger partial charge on any atom is 0.274 e. The summed E-state index contributed by atoms with van der Waals surface area (Å²) in [6.07, 6.45) is 0.314. The molecule has 6 nitrogen and oxygen atoms in total. The largest absolute Gasteiger partial charge is 0.274 e. The predicted molar refractivity (Wildman–Crippen MR) is 119 cm³/mol. The lowest BCUT2D eigenvalue weighted by Crippen LogP contribution is -2.24. The molecular formula is C23H21N3O3S. The van der Waals surface area contributed by atoms with Gasteiger partial charge in [-0.1, -0.05) is 66.7 Å². The van der Waals surface area contributed by atoms with Crippen LogP contribution in [0.3, 0.4) is 0 Å². The van der Waals surface area contributed by atoms with Crippen LogP contribution in [0.15, 0.2) is 83.7 Å². The highest BCUT2D eigenvalue weighted by Crippen LogP contribution is 2.25. The normalized spacial score (nSPS) is 11.6. The number of primary sulfonamides is 1. The lowest BCUT2D eigenvalue weighted by atomic mass is 10.0. The van der Waals surface area contributed by atoms with E-state index in [1.54, 1.807) is 6.07 Å². The Labute approximate surface area is 174 Å². The maximum atomic E-state index is 13.0. The van der Waals surface area contributed by atoms with E-state index in [0.717, 1.165) is 22.1 Å². The monoisotopic (exact) mass is 419 g/mol. The molecule has 1 aromatic heterocycles. The zero-order valence-electron chi connectivity index (χ0n) is 16.2. The van der Waals surface area contributed by atoms with E-state index in [4.69, 9.17) is 5.14 Å². The van der Waals surface area contributed by atoms with Crippen molar-refractivity contribution < 1.29 is 8.42 Å². The van der Waals surface area contributed by atoms with Gasteiger partial charge in [0.25, 0.3) is 5.56 Å². The molecule has 0 unspecified atom stereocenters. The van der Waals surface area contributed by atoms with Crippen molar-refractivity contribution in [2.24, 2.45) is 5.14 Å². The average Bonchev–Trinajstić information content (AvgIpc) is 2.75. The van der Waals surface area contributed by atoms with Crippen molar-refractivity contribution in [3.05, 3.63) is 100 Å². The van der Waals surface area contributed by atoms with Gasteiger partial charge < -0.3 is 0 Å². The Balaban J connectivity index is 1.82. The maximum absolute atomic E-state index is 13.0. The van der Waals surface area contributed by atoms with Crippen LogP contribution in [-0.2, 0) is 23.0 Å². The Kier molecular flexibility index (Phi) is 5.48. The second-order valence-electron chi connectivity index (χ2n) is 7.16. The predicted octanol–water partition coefficient (Wildman–Crippen LogP) is 2.94. The number of rotatable bonds is 6. The Morgan fingerprint density at radius 3 is 2.23 bits per heavy atom. The van der Waals surface area contributed by atoms with Crippen LogP contribution in [-0.4, -0.2) is 24.0 Å². The van der Waals surface area contributed by atoms with Gasteiger partial charge in [-0.05, 0) is 29.7 Å². The zero-order chi connectivity index (χ0) is 21.1. The highest BCUT2D eigenvalue weighted by Gasteiger charge is 2.13. The van der Waals surface area contributed by atoms with Gasteiger partial charge in [-0.2, -0.15) is 5.10 Å². The van der Waals surface area contributed by atoms with Crippen LogP contribution in [0.2, 0.25) is 0 Å². The molecule has 4 rings (SSSR count). The summed E-state index contributed by atoms with van der Waals surface area (Å²) in [5, 5.41) is 11.2. The summed E-state index contributed by atoms with van der Waals surface area (Å²) in [7, 11) is -3.54. The van der Waals surface area contributed by atoms with Gasteiger partial charge in [0.15, 0.2) is 0 Å². The second kappa shape index (κ2) is 8.22. The summed E-state index contributed by atoms with van der Waals surface area (Å²) in [5.74, 6) is -0.127. The number of nitrogens with zero attached hydrogens (tertiary/aromatic N) is 2. The van der Waals surface area contributed by atoms with E-state index in [1.165, 1.54) is 4.68 Å². The number of aryl methyl sites for hydroxylation is 1. The highest BCUT2D eigenvalue weighted by molar-refractivity contribution is 7.89. The lowest BCUT2D eigenvalue weighted by Gasteiger charge is -2.12. The third-order valence-corrected chi connectivity index (χ3v) is 5.69. The number of aromatic nitrogens is 2. The summed E-state index contributed by atoms with van der Waals surface area (Å²) in [6, 6.07) is 24.6. The smallest absolute Gasteiger partial charge is 0.267 e. The van der Waals surface area contributed by atoms with Gasteiger partial charge >= 0.3 is 0 Å². The Hall–Kier alpha value is -3.29. The number of fused-ring (bicyclic) bond motifs is 1. The summed E-state index contributed by atoms with van der Waals surface area (Å²) in [5.41, 5.74) is 3.17. The van der Waals surface area contributed by atoms with Crippen LogP contribution >= 0.6 is 0 Å². The Morgan fingerprint density at radius 2 is 1.50 bits per heavy atom. The number of hydrogen-bond acceptors (Lipinski definition) is 4. The van der Waals surface area contributed by atoms with Crippen LogP contribution in [0.5, 0.6) is 0 Å². The van der Waals surface area contributed by atoms with Crippen LogP contribution in [0.1, 0.15) is 11.1 Å². The number of sulfonamides is 1. The topological polar surface area (TPSA) is 95.1 Å². The first-order chi connectivity index (χ1) is 14.4. The molecule has 0 spiro atoms. The molecule has 7 heteroatoms. The van der Waals surface area contributed by atoms with Crippen molar-refractivity contribution in [1.82, 2.24) is 9.78 Å². The minimum absolute atomic E-state index is 0.127. The minimum Gasteiger partial charge on any atom is -0.267 e. The third kappa shape index (κ3) is 4.48. The molecule has 0 aliphatic carbocycles. The van der Waals surface area contributed by atoms with Gasteiger partial charge in [-0.3, -0.25) is 4.79 Å². The van der Waals surface area contributed by atoms with Gasteiger partial charge in [-0.15, -0.1) is 0 Å². The molecule has 0 radical (unpaired) electrons. The molecule has 0 amide bonds. The molecule has 0 fully saturated rings. The molecule has 0 atom stereocenters.